The molecule has 0 saturated carbocycles. The van der Waals surface area contributed by atoms with Crippen LogP contribution in [0.2, 0.25) is 0 Å². The molecule has 1 aromatic carbocycles. The molecule has 0 unspecified atom stereocenters. The van der Waals surface area contributed by atoms with Crippen molar-refractivity contribution in [2.75, 3.05) is 27.0 Å². The third-order valence-corrected chi connectivity index (χ3v) is 2.20. The first-order valence-electron chi connectivity index (χ1n) is 5.01. The fraction of sp³-hybridized carbons (Fsp3) is 0.455. The minimum absolute atomic E-state index is 0.319. The van der Waals surface area contributed by atoms with Gasteiger partial charge >= 0.3 is 0 Å². The van der Waals surface area contributed by atoms with Gasteiger partial charge in [-0.25, -0.2) is 0 Å². The minimum atomic E-state index is 0.319. The molecular weight excluding hydrogens is 194 g/mol. The van der Waals surface area contributed by atoms with Crippen molar-refractivity contribution in [3.05, 3.63) is 23.8 Å². The molecule has 15 heavy (non-hydrogen) atoms. The summed E-state index contributed by atoms with van der Waals surface area (Å²) in [4.78, 5) is 0. The third-order valence-electron chi connectivity index (χ3n) is 2.20. The van der Waals surface area contributed by atoms with E-state index in [1.54, 1.807) is 0 Å². The molecule has 1 heterocycles. The quantitative estimate of drug-likeness (QED) is 0.738. The highest BCUT2D eigenvalue weighted by Crippen LogP contribution is 2.32. The second kappa shape index (κ2) is 5.00. The number of likely N-dealkylation sites (N-methyl/N-ethyl adjacent to an activating group) is 1. The van der Waals surface area contributed by atoms with Crippen LogP contribution in [0.4, 0.5) is 0 Å². The average Bonchev–Trinajstić information content (AvgIpc) is 2.71. The molecule has 2 rings (SSSR count). The van der Waals surface area contributed by atoms with Gasteiger partial charge in [-0.15, -0.1) is 0 Å². The van der Waals surface area contributed by atoms with E-state index in [1.165, 1.54) is 0 Å². The molecule has 0 saturated heterocycles. The molecule has 82 valence electrons. The Hall–Kier alpha value is -1.26. The van der Waals surface area contributed by atoms with Crippen molar-refractivity contribution in [3.63, 3.8) is 0 Å². The summed E-state index contributed by atoms with van der Waals surface area (Å²) in [6.07, 6.45) is 0. The highest BCUT2D eigenvalue weighted by atomic mass is 16.7. The van der Waals surface area contributed by atoms with E-state index in [0.717, 1.165) is 23.6 Å². The van der Waals surface area contributed by atoms with Crippen LogP contribution in [0.25, 0.3) is 0 Å². The third kappa shape index (κ3) is 2.61. The lowest BCUT2D eigenvalue weighted by atomic mass is 10.2. The topological polar surface area (TPSA) is 39.7 Å². The van der Waals surface area contributed by atoms with E-state index in [9.17, 15) is 0 Å². The number of rotatable bonds is 5. The Kier molecular flexibility index (Phi) is 3.42. The Morgan fingerprint density at radius 1 is 1.33 bits per heavy atom. The SMILES string of the molecule is CNCCOCc1ccc2c(c1)OCO2. The maximum Gasteiger partial charge on any atom is 0.231 e. The van der Waals surface area contributed by atoms with Gasteiger partial charge in [-0.05, 0) is 24.7 Å². The van der Waals surface area contributed by atoms with Crippen LogP contribution in [-0.2, 0) is 11.3 Å². The van der Waals surface area contributed by atoms with Crippen molar-refractivity contribution >= 4 is 0 Å². The van der Waals surface area contributed by atoms with E-state index in [0.29, 0.717) is 20.0 Å². The van der Waals surface area contributed by atoms with Crippen molar-refractivity contribution < 1.29 is 14.2 Å². The smallest absolute Gasteiger partial charge is 0.231 e. The first-order valence-corrected chi connectivity index (χ1v) is 5.01. The summed E-state index contributed by atoms with van der Waals surface area (Å²) in [5.41, 5.74) is 1.11. The lowest BCUT2D eigenvalue weighted by Gasteiger charge is -2.04. The van der Waals surface area contributed by atoms with Gasteiger partial charge in [0.25, 0.3) is 0 Å². The van der Waals surface area contributed by atoms with E-state index >= 15 is 0 Å². The molecule has 1 aliphatic rings. The number of ether oxygens (including phenoxy) is 3. The van der Waals surface area contributed by atoms with Gasteiger partial charge in [-0.2, -0.15) is 0 Å². The van der Waals surface area contributed by atoms with Gasteiger partial charge in [-0.3, -0.25) is 0 Å². The molecule has 4 heteroatoms. The molecule has 0 atom stereocenters. The van der Waals surface area contributed by atoms with Gasteiger partial charge in [0.1, 0.15) is 0 Å². The van der Waals surface area contributed by atoms with Crippen molar-refractivity contribution in [3.8, 4) is 11.5 Å². The summed E-state index contributed by atoms with van der Waals surface area (Å²) in [5.74, 6) is 1.62. The number of hydrogen-bond acceptors (Lipinski definition) is 4. The van der Waals surface area contributed by atoms with E-state index in [-0.39, 0.29) is 0 Å². The van der Waals surface area contributed by atoms with Crippen LogP contribution >= 0.6 is 0 Å². The minimum Gasteiger partial charge on any atom is -0.454 e. The van der Waals surface area contributed by atoms with E-state index in [4.69, 9.17) is 14.2 Å². The Morgan fingerprint density at radius 2 is 2.20 bits per heavy atom. The van der Waals surface area contributed by atoms with Gasteiger partial charge in [0.2, 0.25) is 6.79 Å². The van der Waals surface area contributed by atoms with Crippen molar-refractivity contribution in [2.45, 2.75) is 6.61 Å². The highest BCUT2D eigenvalue weighted by molar-refractivity contribution is 5.44. The van der Waals surface area contributed by atoms with Gasteiger partial charge < -0.3 is 19.5 Å². The first-order chi connectivity index (χ1) is 7.40. The fourth-order valence-corrected chi connectivity index (χ4v) is 1.39. The normalized spacial score (nSPS) is 13.1. The zero-order valence-corrected chi connectivity index (χ0v) is 8.79. The second-order valence-electron chi connectivity index (χ2n) is 3.34. The first kappa shape index (κ1) is 10.3. The largest absolute Gasteiger partial charge is 0.454 e. The molecule has 1 N–H and O–H groups in total. The molecular formula is C11H15NO3. The van der Waals surface area contributed by atoms with Crippen LogP contribution in [0.1, 0.15) is 5.56 Å². The Morgan fingerprint density at radius 3 is 3.07 bits per heavy atom. The van der Waals surface area contributed by atoms with Gasteiger partial charge in [-0.1, -0.05) is 6.07 Å². The molecule has 0 amide bonds. The lowest BCUT2D eigenvalue weighted by Crippen LogP contribution is -2.13. The van der Waals surface area contributed by atoms with E-state index in [1.807, 2.05) is 25.2 Å². The van der Waals surface area contributed by atoms with Crippen LogP contribution in [0, 0.1) is 0 Å². The van der Waals surface area contributed by atoms with Crippen LogP contribution in [0.5, 0.6) is 11.5 Å². The second-order valence-corrected chi connectivity index (χ2v) is 3.34. The summed E-state index contributed by atoms with van der Waals surface area (Å²) < 4.78 is 16.0. The summed E-state index contributed by atoms with van der Waals surface area (Å²) in [6.45, 7) is 2.51. The van der Waals surface area contributed by atoms with Gasteiger partial charge in [0.15, 0.2) is 11.5 Å². The van der Waals surface area contributed by atoms with E-state index in [2.05, 4.69) is 5.32 Å². The molecule has 0 fully saturated rings. The number of hydrogen-bond donors (Lipinski definition) is 1. The predicted molar refractivity (Wildman–Crippen MR) is 56.1 cm³/mol. The highest BCUT2D eigenvalue weighted by Gasteiger charge is 2.12. The zero-order valence-electron chi connectivity index (χ0n) is 8.79. The summed E-state index contributed by atoms with van der Waals surface area (Å²) >= 11 is 0. The molecule has 1 aromatic rings. The monoisotopic (exact) mass is 209 g/mol. The molecule has 0 radical (unpaired) electrons. The van der Waals surface area contributed by atoms with Crippen molar-refractivity contribution in [1.29, 1.82) is 0 Å². The van der Waals surface area contributed by atoms with Crippen molar-refractivity contribution in [2.24, 2.45) is 0 Å². The molecule has 4 nitrogen and oxygen atoms in total. The summed E-state index contributed by atoms with van der Waals surface area (Å²) in [5, 5.41) is 3.03. The Labute approximate surface area is 89.1 Å². The van der Waals surface area contributed by atoms with Crippen LogP contribution in [-0.4, -0.2) is 27.0 Å². The molecule has 0 aromatic heterocycles. The number of benzene rings is 1. The summed E-state index contributed by atoms with van der Waals surface area (Å²) in [6, 6.07) is 5.87. The van der Waals surface area contributed by atoms with Crippen LogP contribution < -0.4 is 14.8 Å². The van der Waals surface area contributed by atoms with Crippen molar-refractivity contribution in [1.82, 2.24) is 5.32 Å². The lowest BCUT2D eigenvalue weighted by molar-refractivity contribution is 0.124. The predicted octanol–water partition coefficient (Wildman–Crippen LogP) is 1.15. The van der Waals surface area contributed by atoms with E-state index < -0.39 is 0 Å². The Balaban J connectivity index is 1.87. The van der Waals surface area contributed by atoms with Crippen LogP contribution in [0.3, 0.4) is 0 Å². The average molecular weight is 209 g/mol. The molecule has 1 aliphatic heterocycles. The molecule has 0 bridgehead atoms. The van der Waals surface area contributed by atoms with Crippen LogP contribution in [0.15, 0.2) is 18.2 Å². The Bertz CT molecular complexity index is 328. The summed E-state index contributed by atoms with van der Waals surface area (Å²) in [7, 11) is 1.91. The maximum absolute atomic E-state index is 5.46. The maximum atomic E-state index is 5.46. The molecule has 0 spiro atoms. The van der Waals surface area contributed by atoms with Gasteiger partial charge in [0.05, 0.1) is 13.2 Å². The van der Waals surface area contributed by atoms with Gasteiger partial charge in [0, 0.05) is 6.54 Å². The fourth-order valence-electron chi connectivity index (χ4n) is 1.39. The number of fused-ring (bicyclic) bond motifs is 1. The molecule has 0 aliphatic carbocycles. The number of nitrogens with one attached hydrogen (secondary N) is 1. The standard InChI is InChI=1S/C11H15NO3/c1-12-4-5-13-7-9-2-3-10-11(6-9)15-8-14-10/h2-3,6,12H,4-5,7-8H2,1H3. The zero-order chi connectivity index (χ0) is 10.5.